The number of aromatic nitrogens is 3. The summed E-state index contributed by atoms with van der Waals surface area (Å²) in [6.45, 7) is 0. The number of anilines is 1. The number of methoxy groups -OCH3 is 2. The maximum Gasteiger partial charge on any atom is 0.194 e. The molecule has 1 aliphatic rings. The maximum absolute atomic E-state index is 5.91. The van der Waals surface area contributed by atoms with Crippen LogP contribution in [0, 0.1) is 0 Å². The van der Waals surface area contributed by atoms with Gasteiger partial charge in [0.15, 0.2) is 10.2 Å². The number of nitrogens with zero attached hydrogens (tertiary/aromatic N) is 4. The van der Waals surface area contributed by atoms with Crippen LogP contribution in [-0.4, -0.2) is 33.9 Å². The Morgan fingerprint density at radius 2 is 1.83 bits per heavy atom. The lowest BCUT2D eigenvalue weighted by molar-refractivity contribution is 0.394. The van der Waals surface area contributed by atoms with E-state index in [1.165, 1.54) is 0 Å². The second kappa shape index (κ2) is 9.25. The number of para-hydroxylation sites is 1. The van der Waals surface area contributed by atoms with Gasteiger partial charge in [-0.3, -0.25) is 9.55 Å². The Bertz CT molecular complexity index is 1520. The number of hydrogen-bond acceptors (Lipinski definition) is 6. The molecule has 6 rings (SSSR count). The lowest BCUT2D eigenvalue weighted by Gasteiger charge is -2.29. The molecule has 0 spiro atoms. The summed E-state index contributed by atoms with van der Waals surface area (Å²) in [6.07, 6.45) is 3.85. The quantitative estimate of drug-likeness (QED) is 0.293. The van der Waals surface area contributed by atoms with Crippen LogP contribution in [0.2, 0.25) is 0 Å². The molecule has 36 heavy (non-hydrogen) atoms. The third-order valence-corrected chi connectivity index (χ3v) is 7.67. The number of hydrogen-bond donors (Lipinski definition) is 1. The van der Waals surface area contributed by atoms with E-state index in [-0.39, 0.29) is 12.1 Å². The van der Waals surface area contributed by atoms with Gasteiger partial charge in [0.1, 0.15) is 17.5 Å². The van der Waals surface area contributed by atoms with E-state index in [1.54, 1.807) is 31.8 Å². The Hall–Kier alpha value is -3.95. The Labute approximate surface area is 217 Å². The number of pyridine rings is 1. The number of nitrogens with one attached hydrogen (secondary N) is 1. The summed E-state index contributed by atoms with van der Waals surface area (Å²) in [4.78, 5) is 11.7. The zero-order valence-corrected chi connectivity index (χ0v) is 21.3. The van der Waals surface area contributed by atoms with Crippen molar-refractivity contribution in [3.05, 3.63) is 96.6 Å². The minimum absolute atomic E-state index is 0.187. The molecule has 9 heteroatoms. The summed E-state index contributed by atoms with van der Waals surface area (Å²) in [6, 6.07) is 23.6. The number of thiocarbonyl (C=S) groups is 1. The Morgan fingerprint density at radius 1 is 0.972 bits per heavy atom. The fourth-order valence-electron chi connectivity index (χ4n) is 4.67. The van der Waals surface area contributed by atoms with Crippen molar-refractivity contribution in [2.75, 3.05) is 19.1 Å². The van der Waals surface area contributed by atoms with Crippen LogP contribution < -0.4 is 19.7 Å². The number of benzene rings is 2. The van der Waals surface area contributed by atoms with Crippen molar-refractivity contribution in [3.8, 4) is 16.6 Å². The molecule has 180 valence electrons. The summed E-state index contributed by atoms with van der Waals surface area (Å²) in [7, 11) is 3.29. The first-order valence-corrected chi connectivity index (χ1v) is 12.7. The van der Waals surface area contributed by atoms with Gasteiger partial charge < -0.3 is 19.7 Å². The molecular formula is C27H23N5O2S2. The fraction of sp³-hybridized carbons (Fsp3) is 0.148. The highest BCUT2D eigenvalue weighted by Crippen LogP contribution is 2.46. The van der Waals surface area contributed by atoms with Crippen LogP contribution in [-0.2, 0) is 0 Å². The van der Waals surface area contributed by atoms with Gasteiger partial charge >= 0.3 is 0 Å². The summed E-state index contributed by atoms with van der Waals surface area (Å²) in [5.74, 6) is 1.38. The molecule has 0 saturated carbocycles. The van der Waals surface area contributed by atoms with E-state index in [4.69, 9.17) is 26.7 Å². The zero-order chi connectivity index (χ0) is 24.6. The molecule has 4 heterocycles. The molecule has 0 aliphatic carbocycles. The van der Waals surface area contributed by atoms with Crippen LogP contribution in [0.5, 0.6) is 11.5 Å². The van der Waals surface area contributed by atoms with Gasteiger partial charge in [0, 0.05) is 18.5 Å². The lowest BCUT2D eigenvalue weighted by atomic mass is 10.0. The van der Waals surface area contributed by atoms with Gasteiger partial charge in [-0.2, -0.15) is 0 Å². The maximum atomic E-state index is 5.91. The van der Waals surface area contributed by atoms with E-state index >= 15 is 0 Å². The first-order valence-electron chi connectivity index (χ1n) is 11.4. The predicted molar refractivity (Wildman–Crippen MR) is 146 cm³/mol. The van der Waals surface area contributed by atoms with Crippen LogP contribution in [0.15, 0.2) is 85.2 Å². The first-order chi connectivity index (χ1) is 17.7. The van der Waals surface area contributed by atoms with Gasteiger partial charge in [0.05, 0.1) is 47.6 Å². The second-order valence-corrected chi connectivity index (χ2v) is 9.70. The van der Waals surface area contributed by atoms with E-state index in [9.17, 15) is 0 Å². The van der Waals surface area contributed by atoms with Crippen LogP contribution in [0.1, 0.15) is 23.5 Å². The summed E-state index contributed by atoms with van der Waals surface area (Å²) >= 11 is 7.57. The van der Waals surface area contributed by atoms with E-state index in [0.29, 0.717) is 16.6 Å². The number of fused-ring (bicyclic) bond motifs is 1. The molecule has 2 aromatic carbocycles. The van der Waals surface area contributed by atoms with Crippen molar-refractivity contribution in [3.63, 3.8) is 0 Å². The van der Waals surface area contributed by atoms with Gasteiger partial charge in [0.25, 0.3) is 0 Å². The summed E-state index contributed by atoms with van der Waals surface area (Å²) < 4.78 is 14.5. The molecule has 7 nitrogen and oxygen atoms in total. The van der Waals surface area contributed by atoms with E-state index in [0.717, 1.165) is 32.4 Å². The highest BCUT2D eigenvalue weighted by atomic mass is 32.1. The van der Waals surface area contributed by atoms with Crippen LogP contribution in [0.3, 0.4) is 0 Å². The average molecular weight is 514 g/mol. The molecule has 0 unspecified atom stereocenters. The summed E-state index contributed by atoms with van der Waals surface area (Å²) in [5.41, 5.74) is 3.76. The van der Waals surface area contributed by atoms with E-state index in [1.807, 2.05) is 66.9 Å². The standard InChI is InChI=1S/C27H23N5O2S2/c1-33-17-12-13-20(22(16-17)34-2)32-25(24(30-26(32)35)19-9-5-6-14-28-19)21-10-7-15-31(21)27-29-18-8-3-4-11-23(18)36-27/h3-16,24-25H,1-2H3,(H,30,35)/t24-,25+/m1/s1. The zero-order valence-electron chi connectivity index (χ0n) is 19.7. The Morgan fingerprint density at radius 3 is 2.61 bits per heavy atom. The normalized spacial score (nSPS) is 17.4. The van der Waals surface area contributed by atoms with Crippen molar-refractivity contribution in [2.24, 2.45) is 0 Å². The molecule has 2 atom stereocenters. The number of ether oxygens (including phenoxy) is 2. The minimum atomic E-state index is -0.211. The predicted octanol–water partition coefficient (Wildman–Crippen LogP) is 5.68. The van der Waals surface area contributed by atoms with Crippen molar-refractivity contribution < 1.29 is 9.47 Å². The van der Waals surface area contributed by atoms with Gasteiger partial charge in [-0.15, -0.1) is 0 Å². The molecule has 3 aromatic heterocycles. The second-order valence-electron chi connectivity index (χ2n) is 8.30. The van der Waals surface area contributed by atoms with E-state index < -0.39 is 0 Å². The largest absolute Gasteiger partial charge is 0.497 e. The topological polar surface area (TPSA) is 64.4 Å². The Kier molecular flexibility index (Phi) is 5.79. The molecule has 5 aromatic rings. The van der Waals surface area contributed by atoms with Gasteiger partial charge in [-0.05, 0) is 60.7 Å². The highest BCUT2D eigenvalue weighted by Gasteiger charge is 2.43. The number of thiazole rings is 1. The van der Waals surface area contributed by atoms with Crippen molar-refractivity contribution in [1.29, 1.82) is 0 Å². The highest BCUT2D eigenvalue weighted by molar-refractivity contribution is 7.80. The van der Waals surface area contributed by atoms with E-state index in [2.05, 4.69) is 31.9 Å². The van der Waals surface area contributed by atoms with Gasteiger partial charge in [-0.1, -0.05) is 29.5 Å². The molecule has 1 saturated heterocycles. The lowest BCUT2D eigenvalue weighted by Crippen LogP contribution is -2.30. The van der Waals surface area contributed by atoms with Crippen LogP contribution in [0.4, 0.5) is 5.69 Å². The molecule has 0 amide bonds. The molecule has 1 aliphatic heterocycles. The van der Waals surface area contributed by atoms with Crippen molar-refractivity contribution >= 4 is 44.6 Å². The SMILES string of the molecule is COc1ccc(N2C(=S)N[C@H](c3ccccn3)[C@@H]2c2cccn2-c2nc3ccccc3s2)c(OC)c1. The van der Waals surface area contributed by atoms with Gasteiger partial charge in [0.2, 0.25) is 0 Å². The average Bonchev–Trinajstić information content (AvgIpc) is 3.65. The molecule has 1 N–H and O–H groups in total. The molecular weight excluding hydrogens is 490 g/mol. The van der Waals surface area contributed by atoms with Gasteiger partial charge in [-0.25, -0.2) is 4.98 Å². The molecule has 1 fully saturated rings. The third kappa shape index (κ3) is 3.77. The Balaban J connectivity index is 1.53. The molecule has 0 bridgehead atoms. The van der Waals surface area contributed by atoms with Crippen molar-refractivity contribution in [2.45, 2.75) is 12.1 Å². The summed E-state index contributed by atoms with van der Waals surface area (Å²) in [5, 5.41) is 5.01. The van der Waals surface area contributed by atoms with Crippen molar-refractivity contribution in [1.82, 2.24) is 19.9 Å². The number of rotatable bonds is 6. The van der Waals surface area contributed by atoms with Crippen LogP contribution >= 0.6 is 23.6 Å². The molecule has 0 radical (unpaired) electrons. The first kappa shape index (κ1) is 22.5. The monoisotopic (exact) mass is 513 g/mol. The third-order valence-electron chi connectivity index (χ3n) is 6.32. The van der Waals surface area contributed by atoms with Crippen LogP contribution in [0.25, 0.3) is 15.3 Å². The minimum Gasteiger partial charge on any atom is -0.497 e. The fourth-order valence-corrected chi connectivity index (χ4v) is 5.98. The smallest absolute Gasteiger partial charge is 0.194 e.